The van der Waals surface area contributed by atoms with Crippen molar-refractivity contribution in [2.75, 3.05) is 5.32 Å². The summed E-state index contributed by atoms with van der Waals surface area (Å²) < 4.78 is 14.6. The molecule has 0 radical (unpaired) electrons. The third-order valence-corrected chi connectivity index (χ3v) is 3.81. The van der Waals surface area contributed by atoms with E-state index in [1.807, 2.05) is 17.5 Å². The van der Waals surface area contributed by atoms with Crippen LogP contribution in [0.15, 0.2) is 54.0 Å². The van der Waals surface area contributed by atoms with Crippen molar-refractivity contribution in [1.29, 1.82) is 0 Å². The highest BCUT2D eigenvalue weighted by Crippen LogP contribution is 2.15. The van der Waals surface area contributed by atoms with Gasteiger partial charge < -0.3 is 5.32 Å². The molecule has 2 aromatic heterocycles. The first-order valence-corrected chi connectivity index (χ1v) is 7.21. The van der Waals surface area contributed by atoms with E-state index >= 15 is 0 Å². The van der Waals surface area contributed by atoms with Gasteiger partial charge in [-0.05, 0) is 35.7 Å². The zero-order valence-corrected chi connectivity index (χ0v) is 11.8. The second kappa shape index (κ2) is 5.88. The first-order valence-electron chi connectivity index (χ1n) is 6.33. The van der Waals surface area contributed by atoms with Crippen molar-refractivity contribution in [3.8, 4) is 0 Å². The highest BCUT2D eigenvalue weighted by Gasteiger charge is 2.10. The van der Waals surface area contributed by atoms with Gasteiger partial charge in [-0.1, -0.05) is 6.07 Å². The van der Waals surface area contributed by atoms with Gasteiger partial charge in [0, 0.05) is 16.5 Å². The van der Waals surface area contributed by atoms with Crippen LogP contribution in [0.3, 0.4) is 0 Å². The number of benzene rings is 1. The Bertz CT molecular complexity index is 735. The van der Waals surface area contributed by atoms with Crippen molar-refractivity contribution in [2.45, 2.75) is 6.54 Å². The minimum atomic E-state index is -0.366. The van der Waals surface area contributed by atoms with Crippen molar-refractivity contribution in [1.82, 2.24) is 9.78 Å². The normalized spacial score (nSPS) is 10.5. The molecule has 1 amide bonds. The van der Waals surface area contributed by atoms with Gasteiger partial charge in [0.15, 0.2) is 0 Å². The maximum absolute atomic E-state index is 12.9. The first kappa shape index (κ1) is 13.5. The van der Waals surface area contributed by atoms with E-state index in [9.17, 15) is 9.18 Å². The molecule has 6 heteroatoms. The van der Waals surface area contributed by atoms with E-state index in [-0.39, 0.29) is 11.7 Å². The van der Waals surface area contributed by atoms with Gasteiger partial charge in [0.25, 0.3) is 5.91 Å². The molecule has 0 aliphatic rings. The van der Waals surface area contributed by atoms with Crippen molar-refractivity contribution in [2.24, 2.45) is 0 Å². The number of halogens is 1. The monoisotopic (exact) mass is 301 g/mol. The summed E-state index contributed by atoms with van der Waals surface area (Å²) >= 11 is 1.63. The van der Waals surface area contributed by atoms with Crippen molar-refractivity contribution < 1.29 is 9.18 Å². The Kier molecular flexibility index (Phi) is 3.79. The second-order valence-electron chi connectivity index (χ2n) is 4.41. The van der Waals surface area contributed by atoms with E-state index in [1.54, 1.807) is 28.3 Å². The molecule has 4 nitrogen and oxygen atoms in total. The van der Waals surface area contributed by atoms with E-state index in [4.69, 9.17) is 0 Å². The molecule has 0 atom stereocenters. The average molecular weight is 301 g/mol. The first-order chi connectivity index (χ1) is 10.2. The fourth-order valence-corrected chi connectivity index (χ4v) is 2.59. The van der Waals surface area contributed by atoms with Crippen molar-refractivity contribution in [3.05, 3.63) is 70.3 Å². The van der Waals surface area contributed by atoms with Gasteiger partial charge in [0.1, 0.15) is 11.6 Å². The van der Waals surface area contributed by atoms with Crippen LogP contribution < -0.4 is 5.32 Å². The highest BCUT2D eigenvalue weighted by atomic mass is 32.1. The molecule has 0 fully saturated rings. The number of nitrogens with zero attached hydrogens (tertiary/aromatic N) is 2. The Morgan fingerprint density at radius 2 is 2.05 bits per heavy atom. The third-order valence-electron chi connectivity index (χ3n) is 2.95. The van der Waals surface area contributed by atoms with Gasteiger partial charge in [0.2, 0.25) is 0 Å². The van der Waals surface area contributed by atoms with Crippen LogP contribution in [0.4, 0.5) is 10.2 Å². The van der Waals surface area contributed by atoms with Crippen LogP contribution in [0.1, 0.15) is 15.2 Å². The fraction of sp³-hybridized carbons (Fsp3) is 0.0667. The fourth-order valence-electron chi connectivity index (χ4n) is 1.90. The van der Waals surface area contributed by atoms with E-state index in [0.717, 1.165) is 4.88 Å². The number of nitrogens with one attached hydrogen (secondary N) is 1. The van der Waals surface area contributed by atoms with Gasteiger partial charge in [-0.15, -0.1) is 11.3 Å². The lowest BCUT2D eigenvalue weighted by Gasteiger charge is -2.08. The lowest BCUT2D eigenvalue weighted by atomic mass is 10.2. The van der Waals surface area contributed by atoms with Gasteiger partial charge in [-0.25, -0.2) is 9.07 Å². The largest absolute Gasteiger partial charge is 0.307 e. The third kappa shape index (κ3) is 3.17. The van der Waals surface area contributed by atoms with Crippen LogP contribution in [0.2, 0.25) is 0 Å². The summed E-state index contributed by atoms with van der Waals surface area (Å²) in [4.78, 5) is 13.3. The second-order valence-corrected chi connectivity index (χ2v) is 5.45. The average Bonchev–Trinajstić information content (AvgIpc) is 3.13. The molecule has 0 spiro atoms. The Morgan fingerprint density at radius 3 is 2.76 bits per heavy atom. The van der Waals surface area contributed by atoms with Crippen LogP contribution in [0, 0.1) is 5.82 Å². The van der Waals surface area contributed by atoms with Crippen LogP contribution >= 0.6 is 11.3 Å². The van der Waals surface area contributed by atoms with Gasteiger partial charge in [0.05, 0.1) is 12.7 Å². The molecule has 106 valence electrons. The Labute approximate surface area is 124 Å². The van der Waals surface area contributed by atoms with Gasteiger partial charge >= 0.3 is 0 Å². The van der Waals surface area contributed by atoms with Gasteiger partial charge in [-0.3, -0.25) is 4.79 Å². The molecule has 3 rings (SSSR count). The van der Waals surface area contributed by atoms with E-state index in [2.05, 4.69) is 10.4 Å². The number of thiophene rings is 1. The van der Waals surface area contributed by atoms with Crippen LogP contribution in [0.25, 0.3) is 0 Å². The molecule has 0 saturated heterocycles. The SMILES string of the molecule is O=C(Nc1ccnn1Cc1cccs1)c1ccc(F)cc1. The molecule has 21 heavy (non-hydrogen) atoms. The summed E-state index contributed by atoms with van der Waals surface area (Å²) in [7, 11) is 0. The predicted octanol–water partition coefficient (Wildman–Crippen LogP) is 3.38. The standard InChI is InChI=1S/C15H12FN3OS/c16-12-5-3-11(4-6-12)15(20)18-14-7-8-17-19(14)10-13-2-1-9-21-13/h1-9H,10H2,(H,18,20). The number of carbonyl (C=O) groups is 1. The number of aromatic nitrogens is 2. The Morgan fingerprint density at radius 1 is 1.24 bits per heavy atom. The summed E-state index contributed by atoms with van der Waals surface area (Å²) in [6.07, 6.45) is 1.63. The number of hydrogen-bond donors (Lipinski definition) is 1. The molecule has 0 bridgehead atoms. The molecule has 3 aromatic rings. The van der Waals surface area contributed by atoms with Crippen LogP contribution in [-0.4, -0.2) is 15.7 Å². The lowest BCUT2D eigenvalue weighted by Crippen LogP contribution is -2.16. The molecule has 0 aliphatic heterocycles. The highest BCUT2D eigenvalue weighted by molar-refractivity contribution is 7.09. The number of rotatable bonds is 4. The number of carbonyl (C=O) groups excluding carboxylic acids is 1. The van der Waals surface area contributed by atoms with E-state index in [1.165, 1.54) is 24.3 Å². The maximum Gasteiger partial charge on any atom is 0.256 e. The Hall–Kier alpha value is -2.47. The molecule has 0 saturated carbocycles. The summed E-state index contributed by atoms with van der Waals surface area (Å²) in [5.41, 5.74) is 0.403. The zero-order chi connectivity index (χ0) is 14.7. The number of amides is 1. The smallest absolute Gasteiger partial charge is 0.256 e. The molecule has 0 unspecified atom stereocenters. The topological polar surface area (TPSA) is 46.9 Å². The van der Waals surface area contributed by atoms with Crippen LogP contribution in [-0.2, 0) is 6.54 Å². The molecular formula is C15H12FN3OS. The van der Waals surface area contributed by atoms with Crippen LogP contribution in [0.5, 0.6) is 0 Å². The predicted molar refractivity (Wildman–Crippen MR) is 80.0 cm³/mol. The molecule has 1 N–H and O–H groups in total. The minimum absolute atomic E-state index is 0.289. The lowest BCUT2D eigenvalue weighted by molar-refractivity contribution is 0.102. The summed E-state index contributed by atoms with van der Waals surface area (Å²) in [5.74, 6) is -0.0464. The molecule has 2 heterocycles. The number of anilines is 1. The maximum atomic E-state index is 12.9. The van der Waals surface area contributed by atoms with Gasteiger partial charge in [-0.2, -0.15) is 5.10 Å². The quantitative estimate of drug-likeness (QED) is 0.803. The summed E-state index contributed by atoms with van der Waals surface area (Å²) in [5, 5.41) is 8.98. The minimum Gasteiger partial charge on any atom is -0.307 e. The molecule has 1 aromatic carbocycles. The Balaban J connectivity index is 1.74. The summed E-state index contributed by atoms with van der Waals surface area (Å²) in [6, 6.07) is 11.1. The zero-order valence-electron chi connectivity index (χ0n) is 11.0. The summed E-state index contributed by atoms with van der Waals surface area (Å²) in [6.45, 7) is 0.601. The van der Waals surface area contributed by atoms with E-state index in [0.29, 0.717) is 17.9 Å². The number of hydrogen-bond acceptors (Lipinski definition) is 3. The van der Waals surface area contributed by atoms with E-state index < -0.39 is 0 Å². The molecule has 0 aliphatic carbocycles. The van der Waals surface area contributed by atoms with Crippen molar-refractivity contribution >= 4 is 23.1 Å². The molecular weight excluding hydrogens is 289 g/mol. The van der Waals surface area contributed by atoms with Crippen molar-refractivity contribution in [3.63, 3.8) is 0 Å².